The second kappa shape index (κ2) is 18.2. The molecule has 3 aromatic rings. The average molecular weight is 878 g/mol. The minimum absolute atomic E-state index is 0.0149. The van der Waals surface area contributed by atoms with Crippen LogP contribution in [0.2, 0.25) is 0 Å². The van der Waals surface area contributed by atoms with Crippen LogP contribution in [0.1, 0.15) is 95.0 Å². The van der Waals surface area contributed by atoms with Gasteiger partial charge in [0.2, 0.25) is 15.5 Å². The molecule has 0 saturated carbocycles. The molecule has 1 unspecified atom stereocenters. The lowest BCUT2D eigenvalue weighted by Crippen LogP contribution is -2.36. The Labute approximate surface area is 345 Å². The van der Waals surface area contributed by atoms with Gasteiger partial charge in [-0.1, -0.05) is 44.1 Å². The van der Waals surface area contributed by atoms with Gasteiger partial charge in [-0.3, -0.25) is 14.1 Å². The number of fused-ring (bicyclic) bond motifs is 2. The number of thiazole rings is 1. The highest BCUT2D eigenvalue weighted by Crippen LogP contribution is 2.48. The Morgan fingerprint density at radius 3 is 2.34 bits per heavy atom. The maximum atomic E-state index is 13.6. The van der Waals surface area contributed by atoms with E-state index in [-0.39, 0.29) is 34.8 Å². The van der Waals surface area contributed by atoms with E-state index in [0.717, 1.165) is 45.9 Å². The predicted molar refractivity (Wildman–Crippen MR) is 219 cm³/mol. The standard InChI is InChI=1S/C39H48N4O11S4/c1-39(2)30-26-29(58(51,52)53)16-17-31(30)41(23-8-3-5-14-38(46)54-43-35(44)19-20-36(43)45)34(39)12-11-13-37-42(24-9-10-25-56(47)48)32-18-15-28(27-33(32)55-37)57(49,50)40-21-6-4-7-22-40/h11-13,15-18,26-27H,3-10,14,19-25H2,1-2H3,(H-,47,48,51,52,53)/p+1. The summed E-state index contributed by atoms with van der Waals surface area (Å²) in [5.74, 6) is -1.59. The summed E-state index contributed by atoms with van der Waals surface area (Å²) in [6.45, 7) is 5.95. The first-order valence-electron chi connectivity index (χ1n) is 19.4. The number of carbonyl (C=O) groups is 3. The Balaban J connectivity index is 1.26. The third-order valence-corrected chi connectivity index (χ3v) is 15.2. The molecule has 1 atom stereocenters. The number of imide groups is 1. The van der Waals surface area contributed by atoms with Gasteiger partial charge in [-0.05, 0) is 74.1 Å². The third kappa shape index (κ3) is 9.77. The summed E-state index contributed by atoms with van der Waals surface area (Å²) in [6, 6.07) is 9.69. The Morgan fingerprint density at radius 1 is 0.948 bits per heavy atom. The molecule has 0 bridgehead atoms. The quantitative estimate of drug-likeness (QED) is 0.0571. The van der Waals surface area contributed by atoms with Crippen molar-refractivity contribution in [1.82, 2.24) is 9.37 Å². The van der Waals surface area contributed by atoms with Gasteiger partial charge >= 0.3 is 5.97 Å². The summed E-state index contributed by atoms with van der Waals surface area (Å²) >= 11 is -0.469. The van der Waals surface area contributed by atoms with Gasteiger partial charge in [-0.2, -0.15) is 17.3 Å². The molecule has 1 aromatic heterocycles. The fraction of sp³-hybridized carbons (Fsp3) is 0.487. The van der Waals surface area contributed by atoms with E-state index in [1.54, 1.807) is 22.5 Å². The Hall–Kier alpha value is -3.85. The lowest BCUT2D eigenvalue weighted by atomic mass is 9.83. The minimum atomic E-state index is -4.48. The fourth-order valence-electron chi connectivity index (χ4n) is 7.65. The second-order valence-corrected chi connectivity index (χ2v) is 20.6. The number of allylic oxidation sites excluding steroid dienone is 3. The summed E-state index contributed by atoms with van der Waals surface area (Å²) in [4.78, 5) is 43.1. The van der Waals surface area contributed by atoms with E-state index in [4.69, 9.17) is 4.84 Å². The van der Waals surface area contributed by atoms with Crippen LogP contribution in [-0.4, -0.2) is 82.7 Å². The van der Waals surface area contributed by atoms with Crippen LogP contribution in [-0.2, 0) is 62.4 Å². The minimum Gasteiger partial charge on any atom is -0.344 e. The van der Waals surface area contributed by atoms with E-state index in [0.29, 0.717) is 68.9 Å². The summed E-state index contributed by atoms with van der Waals surface area (Å²) in [5, 5.41) is 1.37. The number of amides is 2. The summed E-state index contributed by atoms with van der Waals surface area (Å²) in [6.07, 6.45) is 11.3. The number of hydrogen-bond donors (Lipinski definition) is 2. The van der Waals surface area contributed by atoms with Crippen LogP contribution in [0, 0.1) is 0 Å². The summed E-state index contributed by atoms with van der Waals surface area (Å²) < 4.78 is 86.3. The molecule has 2 fully saturated rings. The number of benzene rings is 2. The van der Waals surface area contributed by atoms with Crippen LogP contribution in [0.25, 0.3) is 16.3 Å². The monoisotopic (exact) mass is 877 g/mol. The van der Waals surface area contributed by atoms with Crippen LogP contribution in [0.5, 0.6) is 0 Å². The molecule has 2 N–H and O–H groups in total. The average Bonchev–Trinajstić information content (AvgIpc) is 3.76. The Kier molecular flexibility index (Phi) is 13.7. The first-order chi connectivity index (χ1) is 27.5. The molecule has 2 aromatic carbocycles. The lowest BCUT2D eigenvalue weighted by Gasteiger charge is -2.27. The topological polar surface area (TPSA) is 200 Å². The number of hydroxylamine groups is 2. The van der Waals surface area contributed by atoms with E-state index in [1.807, 2.05) is 38.1 Å². The molecular weight excluding hydrogens is 829 g/mol. The van der Waals surface area contributed by atoms with Gasteiger partial charge in [-0.25, -0.2) is 17.4 Å². The van der Waals surface area contributed by atoms with Gasteiger partial charge in [0.1, 0.15) is 4.70 Å². The third-order valence-electron chi connectivity index (χ3n) is 10.7. The fourth-order valence-corrected chi connectivity index (χ4v) is 11.4. The second-order valence-electron chi connectivity index (χ2n) is 15.1. The molecule has 0 spiro atoms. The zero-order valence-corrected chi connectivity index (χ0v) is 35.8. The first kappa shape index (κ1) is 43.7. The van der Waals surface area contributed by atoms with Crippen molar-refractivity contribution in [2.75, 3.05) is 30.3 Å². The number of unbranched alkanes of at least 4 members (excludes halogenated alkanes) is 3. The molecule has 58 heavy (non-hydrogen) atoms. The number of nitrogens with zero attached hydrogens (tertiary/aromatic N) is 4. The van der Waals surface area contributed by atoms with Gasteiger partial charge in [-0.15, -0.1) is 5.06 Å². The number of sulfonamides is 1. The molecule has 2 amide bonds. The number of carbonyl (C=O) groups excluding carboxylic acids is 3. The Bertz CT molecular complexity index is 2370. The molecule has 3 aliphatic rings. The normalized spacial score (nSPS) is 18.9. The van der Waals surface area contributed by atoms with Gasteiger partial charge < -0.3 is 14.3 Å². The number of piperidine rings is 1. The molecule has 314 valence electrons. The molecule has 15 nitrogen and oxygen atoms in total. The van der Waals surface area contributed by atoms with Crippen molar-refractivity contribution in [2.24, 2.45) is 0 Å². The van der Waals surface area contributed by atoms with Crippen molar-refractivity contribution in [3.63, 3.8) is 0 Å². The van der Waals surface area contributed by atoms with Crippen molar-refractivity contribution in [3.05, 3.63) is 64.8 Å². The molecule has 0 aliphatic carbocycles. The highest BCUT2D eigenvalue weighted by Gasteiger charge is 2.40. The molecule has 0 radical (unpaired) electrons. The number of rotatable bonds is 17. The van der Waals surface area contributed by atoms with E-state index in [9.17, 15) is 44.5 Å². The number of hydrogen-bond acceptors (Lipinski definition) is 11. The van der Waals surface area contributed by atoms with Gasteiger partial charge in [0.05, 0.1) is 9.79 Å². The number of aryl methyl sites for hydroxylation is 1. The van der Waals surface area contributed by atoms with Gasteiger partial charge in [0.15, 0.2) is 17.6 Å². The predicted octanol–water partition coefficient (Wildman–Crippen LogP) is 5.47. The maximum absolute atomic E-state index is 13.6. The van der Waals surface area contributed by atoms with E-state index >= 15 is 0 Å². The van der Waals surface area contributed by atoms with Crippen molar-refractivity contribution in [3.8, 4) is 0 Å². The maximum Gasteiger partial charge on any atom is 0.333 e. The van der Waals surface area contributed by atoms with Gasteiger partial charge in [0.25, 0.3) is 26.9 Å². The van der Waals surface area contributed by atoms with Crippen molar-refractivity contribution >= 4 is 82.3 Å². The van der Waals surface area contributed by atoms with Crippen LogP contribution in [0.15, 0.2) is 64.0 Å². The largest absolute Gasteiger partial charge is 0.344 e. The van der Waals surface area contributed by atoms with E-state index in [2.05, 4.69) is 9.47 Å². The Morgan fingerprint density at radius 2 is 1.66 bits per heavy atom. The van der Waals surface area contributed by atoms with E-state index < -0.39 is 54.4 Å². The SMILES string of the molecule is CC1(C)/C(=C\C=C\c2sc3cc(S(=O)(=O)N4CCCCC4)ccc3[n+]2CCCCS(=O)O)N(CCCCCC(=O)ON2C(=O)CCC2=O)c2ccc(S(=O)(=O)O)cc21. The van der Waals surface area contributed by atoms with Gasteiger partial charge in [0, 0.05) is 80.0 Å². The molecule has 3 aliphatic heterocycles. The number of aromatic nitrogens is 1. The molecule has 19 heteroatoms. The first-order valence-corrected chi connectivity index (χ1v) is 24.3. The zero-order chi connectivity index (χ0) is 41.8. The van der Waals surface area contributed by atoms with Crippen molar-refractivity contribution in [2.45, 2.75) is 106 Å². The summed E-state index contributed by atoms with van der Waals surface area (Å²) in [7, 11) is -8.14. The summed E-state index contributed by atoms with van der Waals surface area (Å²) in [5.41, 5.74) is 2.46. The van der Waals surface area contributed by atoms with E-state index in [1.165, 1.54) is 23.5 Å². The van der Waals surface area contributed by atoms with Crippen LogP contribution < -0.4 is 9.47 Å². The highest BCUT2D eigenvalue weighted by molar-refractivity contribution is 7.89. The zero-order valence-electron chi connectivity index (χ0n) is 32.5. The lowest BCUT2D eigenvalue weighted by molar-refractivity contribution is -0.669. The molecule has 2 saturated heterocycles. The smallest absolute Gasteiger partial charge is 0.333 e. The van der Waals surface area contributed by atoms with Crippen molar-refractivity contribution < 1.29 is 53.9 Å². The van der Waals surface area contributed by atoms with Crippen molar-refractivity contribution in [1.29, 1.82) is 0 Å². The molecule has 4 heterocycles. The van der Waals surface area contributed by atoms with Crippen LogP contribution >= 0.6 is 11.3 Å². The van der Waals surface area contributed by atoms with Crippen LogP contribution in [0.4, 0.5) is 5.69 Å². The van der Waals surface area contributed by atoms with Crippen LogP contribution in [0.3, 0.4) is 0 Å². The number of anilines is 1. The molecular formula is C39H49N4O11S4+. The molecule has 6 rings (SSSR count). The highest BCUT2D eigenvalue weighted by atomic mass is 32.2.